The Labute approximate surface area is 158 Å². The second-order valence-electron chi connectivity index (χ2n) is 7.77. The maximum absolute atomic E-state index is 14.0. The van der Waals surface area contributed by atoms with Crippen LogP contribution in [-0.2, 0) is 6.42 Å². The summed E-state index contributed by atoms with van der Waals surface area (Å²) in [5.41, 5.74) is -0.122. The third kappa shape index (κ3) is 7.63. The fourth-order valence-corrected chi connectivity index (χ4v) is 3.98. The summed E-state index contributed by atoms with van der Waals surface area (Å²) in [6.45, 7) is 2.21. The third-order valence-electron chi connectivity index (χ3n) is 5.60. The number of hydrogen-bond donors (Lipinski definition) is 0. The molecule has 152 valence electrons. The fourth-order valence-electron chi connectivity index (χ4n) is 3.98. The van der Waals surface area contributed by atoms with Gasteiger partial charge in [-0.2, -0.15) is 13.2 Å². The summed E-state index contributed by atoms with van der Waals surface area (Å²) in [4.78, 5) is 0. The van der Waals surface area contributed by atoms with Gasteiger partial charge < -0.3 is 0 Å². The van der Waals surface area contributed by atoms with Gasteiger partial charge >= 0.3 is 6.18 Å². The lowest BCUT2D eigenvalue weighted by molar-refractivity contribution is -0.0790. The quantitative estimate of drug-likeness (QED) is 0.314. The van der Waals surface area contributed by atoms with Gasteiger partial charge in [0.05, 0.1) is 0 Å². The molecule has 0 unspecified atom stereocenters. The summed E-state index contributed by atoms with van der Waals surface area (Å²) in [5, 5.41) is 0. The molecule has 0 spiro atoms. The van der Waals surface area contributed by atoms with E-state index in [4.69, 9.17) is 0 Å². The van der Waals surface area contributed by atoms with Crippen LogP contribution in [-0.4, -0.2) is 6.18 Å². The fraction of sp³-hybridized carbons (Fsp3) is 0.636. The number of alkyl halides is 3. The molecule has 1 aromatic carbocycles. The zero-order valence-corrected chi connectivity index (χ0v) is 15.9. The van der Waals surface area contributed by atoms with Gasteiger partial charge in [0.2, 0.25) is 0 Å². The number of allylic oxidation sites excluding steroid dienone is 1. The SMILES string of the molecule is CCCCCC1CCC(CCc2cc(F)c(C=CC(F)(F)F)c(F)c2)CC1. The largest absolute Gasteiger partial charge is 0.409 e. The predicted molar refractivity (Wildman–Crippen MR) is 99.4 cm³/mol. The molecule has 0 radical (unpaired) electrons. The van der Waals surface area contributed by atoms with Crippen molar-refractivity contribution in [2.75, 3.05) is 0 Å². The molecular formula is C22H29F5. The normalized spacial score (nSPS) is 21.1. The summed E-state index contributed by atoms with van der Waals surface area (Å²) in [5.74, 6) is -0.485. The highest BCUT2D eigenvalue weighted by atomic mass is 19.4. The molecule has 5 heteroatoms. The van der Waals surface area contributed by atoms with Crippen molar-refractivity contribution >= 4 is 6.08 Å². The second kappa shape index (κ2) is 10.2. The van der Waals surface area contributed by atoms with E-state index in [0.29, 0.717) is 24.0 Å². The average Bonchev–Trinajstić information content (AvgIpc) is 2.59. The lowest BCUT2D eigenvalue weighted by Gasteiger charge is -2.28. The Balaban J connectivity index is 1.84. The molecular weight excluding hydrogens is 359 g/mol. The van der Waals surface area contributed by atoms with Gasteiger partial charge in [0.1, 0.15) is 11.6 Å². The Morgan fingerprint density at radius 1 is 0.926 bits per heavy atom. The molecule has 0 saturated heterocycles. The number of unbranched alkanes of at least 4 members (excludes halogenated alkanes) is 2. The molecule has 0 aliphatic heterocycles. The van der Waals surface area contributed by atoms with E-state index in [1.54, 1.807) is 0 Å². The Bertz CT molecular complexity index is 587. The topological polar surface area (TPSA) is 0 Å². The van der Waals surface area contributed by atoms with Crippen molar-refractivity contribution in [3.8, 4) is 0 Å². The first-order valence-electron chi connectivity index (χ1n) is 10.0. The molecule has 1 aliphatic rings. The van der Waals surface area contributed by atoms with E-state index in [9.17, 15) is 22.0 Å². The third-order valence-corrected chi connectivity index (χ3v) is 5.60. The minimum atomic E-state index is -4.59. The number of benzene rings is 1. The van der Waals surface area contributed by atoms with Crippen LogP contribution in [0, 0.1) is 23.5 Å². The maximum Gasteiger partial charge on any atom is 0.409 e. The van der Waals surface area contributed by atoms with Crippen LogP contribution in [0.2, 0.25) is 0 Å². The highest BCUT2D eigenvalue weighted by Crippen LogP contribution is 2.34. The monoisotopic (exact) mass is 388 g/mol. The molecule has 0 aromatic heterocycles. The van der Waals surface area contributed by atoms with Crippen LogP contribution in [0.15, 0.2) is 18.2 Å². The maximum atomic E-state index is 14.0. The smallest absolute Gasteiger partial charge is 0.206 e. The summed E-state index contributed by atoms with van der Waals surface area (Å²) < 4.78 is 64.6. The first-order chi connectivity index (χ1) is 12.8. The van der Waals surface area contributed by atoms with Crippen LogP contribution in [0.4, 0.5) is 22.0 Å². The minimum Gasteiger partial charge on any atom is -0.206 e. The van der Waals surface area contributed by atoms with E-state index < -0.39 is 23.4 Å². The Morgan fingerprint density at radius 3 is 2.00 bits per heavy atom. The van der Waals surface area contributed by atoms with Crippen LogP contribution in [0.25, 0.3) is 6.08 Å². The molecule has 1 aromatic rings. The van der Waals surface area contributed by atoms with Gasteiger partial charge in [-0.15, -0.1) is 0 Å². The van der Waals surface area contributed by atoms with Crippen molar-refractivity contribution in [2.45, 2.75) is 77.3 Å². The summed E-state index contributed by atoms with van der Waals surface area (Å²) in [7, 11) is 0. The lowest BCUT2D eigenvalue weighted by Crippen LogP contribution is -2.15. The van der Waals surface area contributed by atoms with E-state index in [2.05, 4.69) is 6.92 Å². The van der Waals surface area contributed by atoms with Crippen molar-refractivity contribution in [3.05, 3.63) is 41.0 Å². The van der Waals surface area contributed by atoms with E-state index in [1.807, 2.05) is 0 Å². The molecule has 1 saturated carbocycles. The van der Waals surface area contributed by atoms with Gasteiger partial charge in [-0.05, 0) is 48.4 Å². The van der Waals surface area contributed by atoms with Gasteiger partial charge in [-0.25, -0.2) is 8.78 Å². The molecule has 0 N–H and O–H groups in total. The Kier molecular flexibility index (Phi) is 8.30. The van der Waals surface area contributed by atoms with Gasteiger partial charge in [0.15, 0.2) is 0 Å². The van der Waals surface area contributed by atoms with E-state index in [-0.39, 0.29) is 6.08 Å². The zero-order chi connectivity index (χ0) is 19.9. The molecule has 27 heavy (non-hydrogen) atoms. The minimum absolute atomic E-state index is 0.146. The Morgan fingerprint density at radius 2 is 1.48 bits per heavy atom. The highest BCUT2D eigenvalue weighted by molar-refractivity contribution is 5.52. The first-order valence-corrected chi connectivity index (χ1v) is 10.0. The molecule has 0 atom stereocenters. The molecule has 0 amide bonds. The summed E-state index contributed by atoms with van der Waals surface area (Å²) in [6, 6.07) is 2.32. The predicted octanol–water partition coefficient (Wildman–Crippen LogP) is 7.86. The standard InChI is InChI=1S/C22H29F5/c1-2-3-4-5-16-6-8-17(9-7-16)10-11-18-14-20(23)19(21(24)15-18)12-13-22(25,26)27/h12-17H,2-11H2,1H3. The molecule has 0 bridgehead atoms. The second-order valence-corrected chi connectivity index (χ2v) is 7.77. The highest BCUT2D eigenvalue weighted by Gasteiger charge is 2.23. The van der Waals surface area contributed by atoms with Crippen molar-refractivity contribution in [1.29, 1.82) is 0 Å². The van der Waals surface area contributed by atoms with Gasteiger partial charge in [0.25, 0.3) is 0 Å². The Hall–Kier alpha value is -1.39. The number of rotatable bonds is 8. The molecule has 1 fully saturated rings. The zero-order valence-electron chi connectivity index (χ0n) is 15.9. The van der Waals surface area contributed by atoms with E-state index in [1.165, 1.54) is 38.5 Å². The summed E-state index contributed by atoms with van der Waals surface area (Å²) in [6.07, 6.45) is 7.09. The lowest BCUT2D eigenvalue weighted by atomic mass is 9.78. The number of halogens is 5. The van der Waals surface area contributed by atoms with Crippen LogP contribution >= 0.6 is 0 Å². The van der Waals surface area contributed by atoms with Gasteiger partial charge in [-0.3, -0.25) is 0 Å². The number of hydrogen-bond acceptors (Lipinski definition) is 0. The van der Waals surface area contributed by atoms with Crippen molar-refractivity contribution in [2.24, 2.45) is 11.8 Å². The van der Waals surface area contributed by atoms with Crippen molar-refractivity contribution < 1.29 is 22.0 Å². The molecule has 2 rings (SSSR count). The first kappa shape index (κ1) is 21.9. The van der Waals surface area contributed by atoms with Gasteiger partial charge in [0, 0.05) is 11.6 Å². The molecule has 0 nitrogen and oxygen atoms in total. The van der Waals surface area contributed by atoms with Gasteiger partial charge in [-0.1, -0.05) is 58.3 Å². The van der Waals surface area contributed by atoms with E-state index >= 15 is 0 Å². The van der Waals surface area contributed by atoms with Crippen LogP contribution in [0.5, 0.6) is 0 Å². The van der Waals surface area contributed by atoms with E-state index in [0.717, 1.165) is 37.3 Å². The van der Waals surface area contributed by atoms with Crippen LogP contribution in [0.1, 0.15) is 75.8 Å². The van der Waals surface area contributed by atoms with Crippen LogP contribution in [0.3, 0.4) is 0 Å². The molecule has 1 aliphatic carbocycles. The van der Waals surface area contributed by atoms with Crippen LogP contribution < -0.4 is 0 Å². The van der Waals surface area contributed by atoms with Crippen molar-refractivity contribution in [3.63, 3.8) is 0 Å². The average molecular weight is 388 g/mol. The van der Waals surface area contributed by atoms with Crippen molar-refractivity contribution in [1.82, 2.24) is 0 Å². The molecule has 0 heterocycles. The summed E-state index contributed by atoms with van der Waals surface area (Å²) >= 11 is 0. The number of aryl methyl sites for hydroxylation is 1.